The lowest BCUT2D eigenvalue weighted by Gasteiger charge is -2.04. The second kappa shape index (κ2) is 5.33. The summed E-state index contributed by atoms with van der Waals surface area (Å²) in [6.07, 6.45) is 8.85. The Kier molecular flexibility index (Phi) is 3.22. The first-order chi connectivity index (χ1) is 9.86. The largest absolute Gasteiger partial charge is 0.255 e. The van der Waals surface area contributed by atoms with Gasteiger partial charge in [0.05, 0.1) is 22.8 Å². The van der Waals surface area contributed by atoms with E-state index in [2.05, 4.69) is 20.9 Å². The summed E-state index contributed by atoms with van der Waals surface area (Å²) in [5, 5.41) is 0. The lowest BCUT2D eigenvalue weighted by atomic mass is 10.1. The highest BCUT2D eigenvalue weighted by molar-refractivity contribution is 5.62. The van der Waals surface area contributed by atoms with Crippen LogP contribution >= 0.6 is 0 Å². The zero-order valence-electron chi connectivity index (χ0n) is 10.7. The molecule has 0 aliphatic rings. The van der Waals surface area contributed by atoms with Crippen molar-refractivity contribution in [2.24, 2.45) is 0 Å². The lowest BCUT2D eigenvalue weighted by molar-refractivity contribution is 1.22. The highest BCUT2D eigenvalue weighted by atomic mass is 14.8. The quantitative estimate of drug-likeness (QED) is 0.662. The van der Waals surface area contributed by atoms with E-state index in [0.29, 0.717) is 0 Å². The van der Waals surface area contributed by atoms with Gasteiger partial charge in [0.25, 0.3) is 0 Å². The van der Waals surface area contributed by atoms with Gasteiger partial charge in [-0.2, -0.15) is 0 Å². The maximum Gasteiger partial charge on any atom is 0.0898 e. The molecule has 20 heavy (non-hydrogen) atoms. The fourth-order valence-electron chi connectivity index (χ4n) is 1.89. The normalized spacial score (nSPS) is 9.95. The Balaban J connectivity index is 2.06. The first-order valence-corrected chi connectivity index (χ1v) is 6.18. The molecule has 0 saturated heterocycles. The second-order valence-electron chi connectivity index (χ2n) is 4.20. The summed E-state index contributed by atoms with van der Waals surface area (Å²) in [4.78, 5) is 13.2. The van der Waals surface area contributed by atoms with Gasteiger partial charge in [-0.3, -0.25) is 9.97 Å². The predicted octanol–water partition coefficient (Wildman–Crippen LogP) is 3.19. The van der Waals surface area contributed by atoms with E-state index in [0.717, 1.165) is 28.3 Å². The first-order valence-electron chi connectivity index (χ1n) is 6.18. The van der Waals surface area contributed by atoms with Crippen molar-refractivity contribution in [1.82, 2.24) is 15.0 Å². The third-order valence-electron chi connectivity index (χ3n) is 2.87. The van der Waals surface area contributed by atoms with Crippen molar-refractivity contribution in [1.29, 1.82) is 0 Å². The minimum absolute atomic E-state index is 0.762. The first kappa shape index (κ1) is 12.1. The molecule has 0 spiro atoms. The molecule has 3 heterocycles. The number of pyridine rings is 3. The van der Waals surface area contributed by atoms with E-state index in [9.17, 15) is 0 Å². The highest BCUT2D eigenvalue weighted by Crippen LogP contribution is 2.20. The molecule has 3 nitrogen and oxygen atoms in total. The van der Waals surface area contributed by atoms with Crippen LogP contribution in [-0.4, -0.2) is 15.0 Å². The van der Waals surface area contributed by atoms with Crippen LogP contribution in [0, 0.1) is 12.3 Å². The third kappa shape index (κ3) is 2.40. The van der Waals surface area contributed by atoms with E-state index < -0.39 is 0 Å². The maximum atomic E-state index is 5.41. The molecule has 0 aliphatic carbocycles. The van der Waals surface area contributed by atoms with Crippen molar-refractivity contribution in [2.75, 3.05) is 0 Å². The summed E-state index contributed by atoms with van der Waals surface area (Å²) < 4.78 is 0. The van der Waals surface area contributed by atoms with Crippen LogP contribution in [0.15, 0.2) is 60.9 Å². The monoisotopic (exact) mass is 257 g/mol. The Morgan fingerprint density at radius 1 is 0.750 bits per heavy atom. The Hall–Kier alpha value is -2.99. The van der Waals surface area contributed by atoms with Crippen molar-refractivity contribution < 1.29 is 0 Å². The molecule has 3 aromatic heterocycles. The van der Waals surface area contributed by atoms with Gasteiger partial charge >= 0.3 is 0 Å². The summed E-state index contributed by atoms with van der Waals surface area (Å²) in [5.41, 5.74) is 3.99. The third-order valence-corrected chi connectivity index (χ3v) is 2.87. The lowest BCUT2D eigenvalue weighted by Crippen LogP contribution is -1.92. The average Bonchev–Trinajstić information content (AvgIpc) is 2.56. The molecule has 3 rings (SSSR count). The van der Waals surface area contributed by atoms with Crippen LogP contribution < -0.4 is 0 Å². The zero-order valence-corrected chi connectivity index (χ0v) is 10.7. The number of terminal acetylenes is 1. The van der Waals surface area contributed by atoms with Gasteiger partial charge in [-0.05, 0) is 36.4 Å². The molecule has 0 aromatic carbocycles. The van der Waals surface area contributed by atoms with E-state index in [1.165, 1.54) is 0 Å². The SMILES string of the molecule is C#Cc1ccnc(-c2cccc(-c3ccccn3)n2)c1. The summed E-state index contributed by atoms with van der Waals surface area (Å²) in [6, 6.07) is 15.2. The van der Waals surface area contributed by atoms with Crippen molar-refractivity contribution in [3.05, 3.63) is 66.5 Å². The minimum Gasteiger partial charge on any atom is -0.255 e. The van der Waals surface area contributed by atoms with Gasteiger partial charge < -0.3 is 0 Å². The number of aromatic nitrogens is 3. The van der Waals surface area contributed by atoms with Gasteiger partial charge in [0.2, 0.25) is 0 Å². The standard InChI is InChI=1S/C17H11N3/c1-2-13-9-11-19-17(12-13)16-8-5-7-15(20-16)14-6-3-4-10-18-14/h1,3-12H. The van der Waals surface area contributed by atoms with E-state index in [4.69, 9.17) is 6.42 Å². The molecule has 3 aromatic rings. The van der Waals surface area contributed by atoms with Gasteiger partial charge in [0, 0.05) is 18.0 Å². The van der Waals surface area contributed by atoms with Crippen LogP contribution in [0.25, 0.3) is 22.8 Å². The van der Waals surface area contributed by atoms with Crippen LogP contribution in [-0.2, 0) is 0 Å². The molecule has 0 aliphatic heterocycles. The number of nitrogens with zero attached hydrogens (tertiary/aromatic N) is 3. The van der Waals surface area contributed by atoms with Gasteiger partial charge in [0.15, 0.2) is 0 Å². The smallest absolute Gasteiger partial charge is 0.0898 e. The van der Waals surface area contributed by atoms with Crippen molar-refractivity contribution in [3.63, 3.8) is 0 Å². The van der Waals surface area contributed by atoms with Crippen LogP contribution in [0.3, 0.4) is 0 Å². The van der Waals surface area contributed by atoms with Crippen molar-refractivity contribution in [3.8, 4) is 35.1 Å². The Morgan fingerprint density at radius 3 is 2.25 bits per heavy atom. The summed E-state index contributed by atoms with van der Waals surface area (Å²) in [6.45, 7) is 0. The Labute approximate surface area is 117 Å². The van der Waals surface area contributed by atoms with Crippen LogP contribution in [0.5, 0.6) is 0 Å². The average molecular weight is 257 g/mol. The molecule has 0 bridgehead atoms. The molecule has 0 unspecified atom stereocenters. The highest BCUT2D eigenvalue weighted by Gasteiger charge is 2.05. The van der Waals surface area contributed by atoms with Crippen LogP contribution in [0.4, 0.5) is 0 Å². The number of rotatable bonds is 2. The fraction of sp³-hybridized carbons (Fsp3) is 0. The van der Waals surface area contributed by atoms with Gasteiger partial charge in [-0.25, -0.2) is 4.98 Å². The molecular weight excluding hydrogens is 246 g/mol. The van der Waals surface area contributed by atoms with E-state index >= 15 is 0 Å². The minimum atomic E-state index is 0.762. The molecule has 0 radical (unpaired) electrons. The molecule has 0 fully saturated rings. The maximum absolute atomic E-state index is 5.41. The van der Waals surface area contributed by atoms with Crippen molar-refractivity contribution >= 4 is 0 Å². The molecule has 0 amide bonds. The van der Waals surface area contributed by atoms with Crippen LogP contribution in [0.2, 0.25) is 0 Å². The van der Waals surface area contributed by atoms with Gasteiger partial charge in [-0.15, -0.1) is 6.42 Å². The second-order valence-corrected chi connectivity index (χ2v) is 4.20. The van der Waals surface area contributed by atoms with Crippen molar-refractivity contribution in [2.45, 2.75) is 0 Å². The van der Waals surface area contributed by atoms with Gasteiger partial charge in [-0.1, -0.05) is 18.1 Å². The summed E-state index contributed by atoms with van der Waals surface area (Å²) in [7, 11) is 0. The predicted molar refractivity (Wildman–Crippen MR) is 78.6 cm³/mol. The van der Waals surface area contributed by atoms with E-state index in [1.807, 2.05) is 42.5 Å². The molecule has 3 heteroatoms. The van der Waals surface area contributed by atoms with Crippen LogP contribution in [0.1, 0.15) is 5.56 Å². The molecule has 0 saturated carbocycles. The molecule has 0 atom stereocenters. The molecular formula is C17H11N3. The van der Waals surface area contributed by atoms with E-state index in [-0.39, 0.29) is 0 Å². The fourth-order valence-corrected chi connectivity index (χ4v) is 1.89. The molecule has 94 valence electrons. The Bertz CT molecular complexity index is 773. The molecule has 0 N–H and O–H groups in total. The zero-order chi connectivity index (χ0) is 13.8. The summed E-state index contributed by atoms with van der Waals surface area (Å²) in [5.74, 6) is 2.60. The number of hydrogen-bond acceptors (Lipinski definition) is 3. The summed E-state index contributed by atoms with van der Waals surface area (Å²) >= 11 is 0. The topological polar surface area (TPSA) is 38.7 Å². The van der Waals surface area contributed by atoms with E-state index in [1.54, 1.807) is 18.5 Å². The van der Waals surface area contributed by atoms with Gasteiger partial charge in [0.1, 0.15) is 0 Å². The number of hydrogen-bond donors (Lipinski definition) is 0. The Morgan fingerprint density at radius 2 is 1.50 bits per heavy atom.